The normalized spacial score (nSPS) is 22.0. The lowest BCUT2D eigenvalue weighted by Gasteiger charge is -2.28. The largest absolute Gasteiger partial charge is 0.349 e. The molecule has 1 aromatic carbocycles. The smallest absolute Gasteiger partial charge is 0.269 e. The second-order valence-electron chi connectivity index (χ2n) is 5.81. The Bertz CT molecular complexity index is 690. The third-order valence-electron chi connectivity index (χ3n) is 4.39. The van der Waals surface area contributed by atoms with Crippen LogP contribution in [-0.2, 0) is 0 Å². The van der Waals surface area contributed by atoms with Crippen molar-refractivity contribution < 1.29 is 4.79 Å². The van der Waals surface area contributed by atoms with Crippen LogP contribution in [0.5, 0.6) is 0 Å². The van der Waals surface area contributed by atoms with Crippen molar-refractivity contribution in [2.24, 2.45) is 0 Å². The summed E-state index contributed by atoms with van der Waals surface area (Å²) in [5.74, 6) is -0.148. The van der Waals surface area contributed by atoms with Gasteiger partial charge in [-0.2, -0.15) is 0 Å². The van der Waals surface area contributed by atoms with Crippen molar-refractivity contribution in [1.82, 2.24) is 15.6 Å². The van der Waals surface area contributed by atoms with Crippen LogP contribution < -0.4 is 10.6 Å². The van der Waals surface area contributed by atoms with Gasteiger partial charge in [0.05, 0.1) is 5.02 Å². The molecule has 3 N–H and O–H groups in total. The molecule has 6 heteroatoms. The van der Waals surface area contributed by atoms with Gasteiger partial charge >= 0.3 is 0 Å². The number of nitrogens with one attached hydrogen (secondary N) is 3. The number of carbonyl (C=O) groups excluding carboxylic acids is 1. The molecule has 1 aromatic heterocycles. The number of amides is 1. The van der Waals surface area contributed by atoms with E-state index >= 15 is 0 Å². The Hall–Kier alpha value is -1.23. The second-order valence-corrected chi connectivity index (χ2v) is 6.63. The molecule has 1 amide bonds. The molecular weight excluding hydrogens is 321 g/mol. The average Bonchev–Trinajstić information content (AvgIpc) is 2.85. The summed E-state index contributed by atoms with van der Waals surface area (Å²) >= 11 is 12.3. The number of fused-ring (bicyclic) bond motifs is 1. The zero-order valence-corrected chi connectivity index (χ0v) is 13.9. The van der Waals surface area contributed by atoms with Gasteiger partial charge in [0.1, 0.15) is 5.69 Å². The predicted octanol–water partition coefficient (Wildman–Crippen LogP) is 3.74. The molecule has 0 atom stereocenters. The average molecular weight is 340 g/mol. The monoisotopic (exact) mass is 339 g/mol. The molecule has 1 aliphatic rings. The molecule has 0 bridgehead atoms. The van der Waals surface area contributed by atoms with Gasteiger partial charge in [0.15, 0.2) is 0 Å². The molecule has 1 saturated carbocycles. The van der Waals surface area contributed by atoms with Crippen LogP contribution in [0.4, 0.5) is 0 Å². The van der Waals surface area contributed by atoms with E-state index in [-0.39, 0.29) is 11.9 Å². The molecule has 0 radical (unpaired) electrons. The lowest BCUT2D eigenvalue weighted by Crippen LogP contribution is -2.41. The standard InChI is InChI=1S/C16H19Cl2N3O/c1-19-10-3-5-11(6-4-10)20-16(22)15-14(18)12-8-9(17)2-7-13(12)21-15/h2,7-8,10-11,19,21H,3-6H2,1H3,(H,20,22). The van der Waals surface area contributed by atoms with Crippen LogP contribution in [0.15, 0.2) is 18.2 Å². The van der Waals surface area contributed by atoms with Gasteiger partial charge in [-0.25, -0.2) is 0 Å². The Balaban J connectivity index is 1.74. The highest BCUT2D eigenvalue weighted by Crippen LogP contribution is 2.30. The number of halogens is 2. The summed E-state index contributed by atoms with van der Waals surface area (Å²) in [6.45, 7) is 0. The van der Waals surface area contributed by atoms with Gasteiger partial charge in [0.2, 0.25) is 0 Å². The van der Waals surface area contributed by atoms with Gasteiger partial charge in [-0.15, -0.1) is 0 Å². The summed E-state index contributed by atoms with van der Waals surface area (Å²) in [5.41, 5.74) is 1.23. The van der Waals surface area contributed by atoms with Crippen molar-refractivity contribution in [3.8, 4) is 0 Å². The molecule has 0 unspecified atom stereocenters. The van der Waals surface area contributed by atoms with E-state index in [1.165, 1.54) is 0 Å². The molecule has 0 spiro atoms. The fraction of sp³-hybridized carbons (Fsp3) is 0.438. The van der Waals surface area contributed by atoms with Gasteiger partial charge in [-0.1, -0.05) is 23.2 Å². The maximum absolute atomic E-state index is 12.5. The van der Waals surface area contributed by atoms with Crippen LogP contribution in [0.1, 0.15) is 36.2 Å². The van der Waals surface area contributed by atoms with Crippen molar-refractivity contribution in [2.75, 3.05) is 7.05 Å². The first kappa shape index (κ1) is 15.7. The van der Waals surface area contributed by atoms with Crippen molar-refractivity contribution in [2.45, 2.75) is 37.8 Å². The van der Waals surface area contributed by atoms with Gasteiger partial charge in [-0.05, 0) is 50.9 Å². The first-order valence-electron chi connectivity index (χ1n) is 7.53. The lowest BCUT2D eigenvalue weighted by molar-refractivity contribution is 0.0920. The van der Waals surface area contributed by atoms with Crippen LogP contribution in [-0.4, -0.2) is 30.0 Å². The summed E-state index contributed by atoms with van der Waals surface area (Å²) in [7, 11) is 1.99. The Morgan fingerprint density at radius 3 is 2.55 bits per heavy atom. The van der Waals surface area contributed by atoms with Crippen LogP contribution in [0.25, 0.3) is 10.9 Å². The van der Waals surface area contributed by atoms with E-state index in [1.54, 1.807) is 12.1 Å². The molecule has 3 rings (SSSR count). The molecule has 4 nitrogen and oxygen atoms in total. The molecule has 22 heavy (non-hydrogen) atoms. The van der Waals surface area contributed by atoms with E-state index in [0.717, 1.165) is 36.6 Å². The first-order chi connectivity index (χ1) is 10.6. The fourth-order valence-corrected chi connectivity index (χ4v) is 3.53. The van der Waals surface area contributed by atoms with Crippen LogP contribution in [0.2, 0.25) is 10.0 Å². The number of aromatic amines is 1. The Labute approximate surface area is 139 Å². The molecule has 1 aliphatic carbocycles. The minimum Gasteiger partial charge on any atom is -0.349 e. The summed E-state index contributed by atoms with van der Waals surface area (Å²) in [6, 6.07) is 6.15. The van der Waals surface area contributed by atoms with E-state index < -0.39 is 0 Å². The molecular formula is C16H19Cl2N3O. The fourth-order valence-electron chi connectivity index (χ4n) is 3.07. The SMILES string of the molecule is CNC1CCC(NC(=O)c2[nH]c3ccc(Cl)cc3c2Cl)CC1. The van der Waals surface area contributed by atoms with Gasteiger partial charge in [0, 0.05) is 28.0 Å². The Morgan fingerprint density at radius 1 is 1.18 bits per heavy atom. The zero-order chi connectivity index (χ0) is 15.7. The van der Waals surface area contributed by atoms with Crippen LogP contribution in [0.3, 0.4) is 0 Å². The molecule has 2 aromatic rings. The number of H-pyrrole nitrogens is 1. The highest BCUT2D eigenvalue weighted by molar-refractivity contribution is 6.39. The summed E-state index contributed by atoms with van der Waals surface area (Å²) in [5, 5.41) is 8.18. The predicted molar refractivity (Wildman–Crippen MR) is 90.9 cm³/mol. The van der Waals surface area contributed by atoms with E-state index in [9.17, 15) is 4.79 Å². The summed E-state index contributed by atoms with van der Waals surface area (Å²) in [6.07, 6.45) is 4.14. The van der Waals surface area contributed by atoms with Crippen molar-refractivity contribution in [3.63, 3.8) is 0 Å². The Kier molecular flexibility index (Phi) is 4.62. The summed E-state index contributed by atoms with van der Waals surface area (Å²) < 4.78 is 0. The molecule has 0 saturated heterocycles. The molecule has 1 heterocycles. The van der Waals surface area contributed by atoms with E-state index in [2.05, 4.69) is 15.6 Å². The van der Waals surface area contributed by atoms with Crippen molar-refractivity contribution in [1.29, 1.82) is 0 Å². The van der Waals surface area contributed by atoms with Crippen LogP contribution >= 0.6 is 23.2 Å². The molecule has 1 fully saturated rings. The molecule has 118 valence electrons. The maximum atomic E-state index is 12.5. The Morgan fingerprint density at radius 2 is 1.86 bits per heavy atom. The third kappa shape index (κ3) is 3.09. The minimum atomic E-state index is -0.148. The van der Waals surface area contributed by atoms with Gasteiger partial charge in [0.25, 0.3) is 5.91 Å². The lowest BCUT2D eigenvalue weighted by atomic mass is 9.91. The number of benzene rings is 1. The second kappa shape index (κ2) is 6.49. The van der Waals surface area contributed by atoms with Gasteiger partial charge < -0.3 is 15.6 Å². The molecule has 0 aliphatic heterocycles. The minimum absolute atomic E-state index is 0.148. The number of rotatable bonds is 3. The number of aromatic nitrogens is 1. The third-order valence-corrected chi connectivity index (χ3v) is 5.02. The topological polar surface area (TPSA) is 56.9 Å². The number of carbonyl (C=O) groups is 1. The van der Waals surface area contributed by atoms with E-state index in [4.69, 9.17) is 23.2 Å². The van der Waals surface area contributed by atoms with Crippen molar-refractivity contribution in [3.05, 3.63) is 33.9 Å². The van der Waals surface area contributed by atoms with Gasteiger partial charge in [-0.3, -0.25) is 4.79 Å². The quantitative estimate of drug-likeness (QED) is 0.797. The van der Waals surface area contributed by atoms with E-state index in [0.29, 0.717) is 21.8 Å². The van der Waals surface area contributed by atoms with E-state index in [1.807, 2.05) is 13.1 Å². The maximum Gasteiger partial charge on any atom is 0.269 e. The number of hydrogen-bond donors (Lipinski definition) is 3. The zero-order valence-electron chi connectivity index (χ0n) is 12.4. The van der Waals surface area contributed by atoms with Crippen LogP contribution in [0, 0.1) is 0 Å². The van der Waals surface area contributed by atoms with Crippen molar-refractivity contribution >= 4 is 40.0 Å². The highest BCUT2D eigenvalue weighted by atomic mass is 35.5. The highest BCUT2D eigenvalue weighted by Gasteiger charge is 2.24. The summed E-state index contributed by atoms with van der Waals surface area (Å²) in [4.78, 5) is 15.5. The first-order valence-corrected chi connectivity index (χ1v) is 8.29. The number of hydrogen-bond acceptors (Lipinski definition) is 2.